The van der Waals surface area contributed by atoms with Crippen LogP contribution < -0.4 is 10.6 Å². The van der Waals surface area contributed by atoms with E-state index in [1.54, 1.807) is 23.1 Å². The normalized spacial score (nSPS) is 13.8. The largest absolute Gasteiger partial charge is 0.380 e. The fourth-order valence-electron chi connectivity index (χ4n) is 1.83. The van der Waals surface area contributed by atoms with E-state index in [1.165, 1.54) is 4.88 Å². The Morgan fingerprint density at radius 1 is 1.37 bits per heavy atom. The summed E-state index contributed by atoms with van der Waals surface area (Å²) in [6.45, 7) is 0.733. The van der Waals surface area contributed by atoms with Gasteiger partial charge in [0.05, 0.1) is 16.5 Å². The Labute approximate surface area is 124 Å². The lowest BCUT2D eigenvalue weighted by Crippen LogP contribution is -2.18. The molecule has 0 unspecified atom stereocenters. The number of nitrogens with one attached hydrogen (secondary N) is 2. The molecule has 2 heterocycles. The molecule has 0 saturated heterocycles. The summed E-state index contributed by atoms with van der Waals surface area (Å²) in [6.07, 6.45) is 0. The fourth-order valence-corrected chi connectivity index (χ4v) is 3.63. The van der Waals surface area contributed by atoms with Crippen molar-refractivity contribution in [2.75, 3.05) is 16.4 Å². The number of amides is 1. The average Bonchev–Trinajstić information content (AvgIpc) is 2.81. The molecule has 1 aliphatic heterocycles. The number of benzene rings is 1. The first-order valence-corrected chi connectivity index (χ1v) is 7.98. The van der Waals surface area contributed by atoms with Gasteiger partial charge >= 0.3 is 0 Å². The van der Waals surface area contributed by atoms with Crippen molar-refractivity contribution in [1.29, 1.82) is 0 Å². The molecule has 1 aliphatic rings. The highest BCUT2D eigenvalue weighted by Gasteiger charge is 2.15. The third-order valence-corrected chi connectivity index (χ3v) is 5.06. The molecule has 19 heavy (non-hydrogen) atoms. The smallest absolute Gasteiger partial charge is 0.234 e. The predicted octanol–water partition coefficient (Wildman–Crippen LogP) is 4.06. The lowest BCUT2D eigenvalue weighted by molar-refractivity contribution is -0.113. The predicted molar refractivity (Wildman–Crippen MR) is 82.5 cm³/mol. The Kier molecular flexibility index (Phi) is 3.68. The van der Waals surface area contributed by atoms with E-state index < -0.39 is 0 Å². The number of halogens is 1. The summed E-state index contributed by atoms with van der Waals surface area (Å²) >= 11 is 9.08. The molecular weight excluding hydrogens is 300 g/mol. The summed E-state index contributed by atoms with van der Waals surface area (Å²) in [5.74, 6) is 0.549. The van der Waals surface area contributed by atoms with Crippen LogP contribution in [0, 0.1) is 0 Å². The SMILES string of the molecule is O=C1CSc2ccc(NCc3cc(Cl)cs3)cc2N1. The molecule has 1 amide bonds. The van der Waals surface area contributed by atoms with Gasteiger partial charge in [-0.25, -0.2) is 0 Å². The molecule has 2 aromatic rings. The van der Waals surface area contributed by atoms with Crippen molar-refractivity contribution in [2.24, 2.45) is 0 Å². The fraction of sp³-hybridized carbons (Fsp3) is 0.154. The van der Waals surface area contributed by atoms with Gasteiger partial charge in [-0.15, -0.1) is 23.1 Å². The molecule has 0 aliphatic carbocycles. The van der Waals surface area contributed by atoms with Gasteiger partial charge in [0.15, 0.2) is 0 Å². The average molecular weight is 311 g/mol. The van der Waals surface area contributed by atoms with E-state index in [2.05, 4.69) is 10.6 Å². The van der Waals surface area contributed by atoms with Crippen LogP contribution in [0.3, 0.4) is 0 Å². The molecule has 0 atom stereocenters. The van der Waals surface area contributed by atoms with Gasteiger partial charge in [-0.1, -0.05) is 11.6 Å². The Morgan fingerprint density at radius 3 is 3.05 bits per heavy atom. The van der Waals surface area contributed by atoms with E-state index in [0.29, 0.717) is 5.75 Å². The summed E-state index contributed by atoms with van der Waals surface area (Å²) < 4.78 is 0. The van der Waals surface area contributed by atoms with Crippen LogP contribution in [0.1, 0.15) is 4.88 Å². The Bertz CT molecular complexity index is 627. The highest BCUT2D eigenvalue weighted by atomic mass is 35.5. The summed E-state index contributed by atoms with van der Waals surface area (Å²) in [7, 11) is 0. The van der Waals surface area contributed by atoms with E-state index in [4.69, 9.17) is 11.6 Å². The van der Waals surface area contributed by atoms with Crippen molar-refractivity contribution in [3.8, 4) is 0 Å². The van der Waals surface area contributed by atoms with Crippen molar-refractivity contribution in [1.82, 2.24) is 0 Å². The van der Waals surface area contributed by atoms with Gasteiger partial charge in [0, 0.05) is 27.4 Å². The molecular formula is C13H11ClN2OS2. The van der Waals surface area contributed by atoms with Gasteiger partial charge in [-0.2, -0.15) is 0 Å². The number of carbonyl (C=O) groups is 1. The van der Waals surface area contributed by atoms with Crippen LogP contribution in [0.25, 0.3) is 0 Å². The van der Waals surface area contributed by atoms with Crippen LogP contribution in [-0.4, -0.2) is 11.7 Å². The summed E-state index contributed by atoms with van der Waals surface area (Å²) in [5, 5.41) is 8.91. The first-order chi connectivity index (χ1) is 9.20. The number of hydrogen-bond acceptors (Lipinski definition) is 4. The van der Waals surface area contributed by atoms with Gasteiger partial charge < -0.3 is 10.6 Å². The maximum Gasteiger partial charge on any atom is 0.234 e. The number of thioether (sulfide) groups is 1. The second kappa shape index (κ2) is 5.45. The highest BCUT2D eigenvalue weighted by Crippen LogP contribution is 2.33. The van der Waals surface area contributed by atoms with Gasteiger partial charge in [0.2, 0.25) is 5.91 Å². The van der Waals surface area contributed by atoms with Crippen LogP contribution in [0.5, 0.6) is 0 Å². The zero-order chi connectivity index (χ0) is 13.2. The summed E-state index contributed by atoms with van der Waals surface area (Å²) in [6, 6.07) is 7.98. The van der Waals surface area contributed by atoms with Crippen molar-refractivity contribution >= 4 is 52.0 Å². The molecule has 0 spiro atoms. The van der Waals surface area contributed by atoms with Gasteiger partial charge in [-0.3, -0.25) is 4.79 Å². The first-order valence-electron chi connectivity index (χ1n) is 5.74. The standard InChI is InChI=1S/C13H11ClN2OS2/c14-8-3-10(18-6-8)5-15-9-1-2-12-11(4-9)16-13(17)7-19-12/h1-4,6,15H,5,7H2,(H,16,17). The van der Waals surface area contributed by atoms with E-state index in [-0.39, 0.29) is 5.91 Å². The molecule has 1 aromatic heterocycles. The Hall–Kier alpha value is -1.17. The first kappa shape index (κ1) is 12.8. The second-order valence-corrected chi connectivity index (χ2v) is 6.58. The van der Waals surface area contributed by atoms with Crippen LogP contribution in [0.15, 0.2) is 34.5 Å². The number of hydrogen-bond donors (Lipinski definition) is 2. The Balaban J connectivity index is 1.71. The molecule has 3 rings (SSSR count). The molecule has 2 N–H and O–H groups in total. The van der Waals surface area contributed by atoms with E-state index >= 15 is 0 Å². The van der Waals surface area contributed by atoms with E-state index in [0.717, 1.165) is 27.8 Å². The van der Waals surface area contributed by atoms with Crippen molar-refractivity contribution in [3.63, 3.8) is 0 Å². The summed E-state index contributed by atoms with van der Waals surface area (Å²) in [4.78, 5) is 13.7. The Morgan fingerprint density at radius 2 is 2.26 bits per heavy atom. The molecule has 98 valence electrons. The van der Waals surface area contributed by atoms with Crippen LogP contribution in [0.4, 0.5) is 11.4 Å². The third kappa shape index (κ3) is 3.05. The second-order valence-electron chi connectivity index (χ2n) is 4.13. The zero-order valence-corrected chi connectivity index (χ0v) is 12.3. The van der Waals surface area contributed by atoms with Crippen LogP contribution >= 0.6 is 34.7 Å². The van der Waals surface area contributed by atoms with Crippen LogP contribution in [-0.2, 0) is 11.3 Å². The van der Waals surface area contributed by atoms with Gasteiger partial charge in [0.1, 0.15) is 0 Å². The number of fused-ring (bicyclic) bond motifs is 1. The van der Waals surface area contributed by atoms with Crippen molar-refractivity contribution < 1.29 is 4.79 Å². The molecule has 0 fully saturated rings. The molecule has 0 saturated carbocycles. The number of thiophene rings is 1. The minimum atomic E-state index is 0.0553. The van der Waals surface area contributed by atoms with Gasteiger partial charge in [0.25, 0.3) is 0 Å². The van der Waals surface area contributed by atoms with Crippen molar-refractivity contribution in [3.05, 3.63) is 39.5 Å². The lowest BCUT2D eigenvalue weighted by Gasteiger charge is -2.17. The van der Waals surface area contributed by atoms with Crippen molar-refractivity contribution in [2.45, 2.75) is 11.4 Å². The lowest BCUT2D eigenvalue weighted by atomic mass is 10.2. The molecule has 6 heteroatoms. The zero-order valence-electron chi connectivity index (χ0n) is 9.90. The molecule has 1 aromatic carbocycles. The monoisotopic (exact) mass is 310 g/mol. The minimum Gasteiger partial charge on any atom is -0.380 e. The number of rotatable bonds is 3. The summed E-state index contributed by atoms with van der Waals surface area (Å²) in [5.41, 5.74) is 1.88. The van der Waals surface area contributed by atoms with Gasteiger partial charge in [-0.05, 0) is 24.3 Å². The number of anilines is 2. The third-order valence-electron chi connectivity index (χ3n) is 2.70. The van der Waals surface area contributed by atoms with E-state index in [1.807, 2.05) is 29.6 Å². The highest BCUT2D eigenvalue weighted by molar-refractivity contribution is 8.00. The van der Waals surface area contributed by atoms with E-state index in [9.17, 15) is 4.79 Å². The maximum atomic E-state index is 11.4. The molecule has 0 bridgehead atoms. The minimum absolute atomic E-state index is 0.0553. The maximum absolute atomic E-state index is 11.4. The molecule has 0 radical (unpaired) electrons. The molecule has 3 nitrogen and oxygen atoms in total. The topological polar surface area (TPSA) is 41.1 Å². The quantitative estimate of drug-likeness (QED) is 0.898. The number of carbonyl (C=O) groups excluding carboxylic acids is 1. The van der Waals surface area contributed by atoms with Crippen LogP contribution in [0.2, 0.25) is 5.02 Å².